The largest absolute Gasteiger partial charge is 0.497 e. The average molecular weight is 341 g/mol. The zero-order valence-electron chi connectivity index (χ0n) is 14.5. The zero-order chi connectivity index (χ0) is 18.0. The van der Waals surface area contributed by atoms with Crippen LogP contribution in [0.25, 0.3) is 11.5 Å². The smallest absolute Gasteiger partial charge is 0.322 e. The molecule has 2 heterocycles. The molecule has 25 heavy (non-hydrogen) atoms. The van der Waals surface area contributed by atoms with Gasteiger partial charge in [-0.25, -0.2) is 0 Å². The van der Waals surface area contributed by atoms with Crippen molar-refractivity contribution in [2.24, 2.45) is 0 Å². The van der Waals surface area contributed by atoms with E-state index in [1.54, 1.807) is 23.9 Å². The summed E-state index contributed by atoms with van der Waals surface area (Å²) in [5.74, 6) is 0.567. The molecule has 3 aromatic rings. The van der Waals surface area contributed by atoms with Crippen LogP contribution in [0.15, 0.2) is 34.7 Å². The van der Waals surface area contributed by atoms with Gasteiger partial charge >= 0.3 is 6.01 Å². The molecule has 0 aliphatic carbocycles. The molecular formula is C17H19N5O3. The lowest BCUT2D eigenvalue weighted by Crippen LogP contribution is -2.14. The van der Waals surface area contributed by atoms with Gasteiger partial charge in [-0.1, -0.05) is 11.2 Å². The third kappa shape index (κ3) is 3.52. The molecule has 1 N–H and O–H groups in total. The second-order valence-corrected chi connectivity index (χ2v) is 5.81. The van der Waals surface area contributed by atoms with Gasteiger partial charge in [0.1, 0.15) is 5.75 Å². The summed E-state index contributed by atoms with van der Waals surface area (Å²) in [7, 11) is 1.58. The number of aryl methyl sites for hydroxylation is 1. The maximum Gasteiger partial charge on any atom is 0.322 e. The van der Waals surface area contributed by atoms with Gasteiger partial charge in [-0.05, 0) is 45.0 Å². The van der Waals surface area contributed by atoms with Gasteiger partial charge in [-0.15, -0.1) is 5.10 Å². The molecule has 0 bridgehead atoms. The molecular weight excluding hydrogens is 322 g/mol. The number of nitrogens with zero attached hydrogens (tertiary/aromatic N) is 4. The number of benzene rings is 1. The van der Waals surface area contributed by atoms with Crippen LogP contribution < -0.4 is 10.1 Å². The second kappa shape index (κ2) is 6.76. The number of methoxy groups -OCH3 is 1. The van der Waals surface area contributed by atoms with Gasteiger partial charge < -0.3 is 9.15 Å². The maximum atomic E-state index is 12.3. The number of amides is 1. The van der Waals surface area contributed by atoms with E-state index in [1.807, 2.05) is 39.0 Å². The van der Waals surface area contributed by atoms with E-state index in [-0.39, 0.29) is 17.9 Å². The minimum Gasteiger partial charge on any atom is -0.497 e. The second-order valence-electron chi connectivity index (χ2n) is 5.81. The summed E-state index contributed by atoms with van der Waals surface area (Å²) in [6, 6.07) is 9.12. The van der Waals surface area contributed by atoms with Crippen molar-refractivity contribution >= 4 is 11.9 Å². The highest BCUT2D eigenvalue weighted by molar-refractivity contribution is 6.01. The Kier molecular flexibility index (Phi) is 4.51. The highest BCUT2D eigenvalue weighted by atomic mass is 16.5. The van der Waals surface area contributed by atoms with Crippen LogP contribution in [0.5, 0.6) is 5.75 Å². The first-order valence-corrected chi connectivity index (χ1v) is 7.83. The van der Waals surface area contributed by atoms with Crippen molar-refractivity contribution in [3.8, 4) is 17.2 Å². The molecule has 3 rings (SSSR count). The number of carbonyl (C=O) groups excluding carboxylic acids is 1. The molecule has 0 aliphatic rings. The molecule has 8 heteroatoms. The number of carbonyl (C=O) groups is 1. The number of hydrogen-bond donors (Lipinski definition) is 1. The number of ether oxygens (including phenoxy) is 1. The Bertz CT molecular complexity index is 897. The van der Waals surface area contributed by atoms with Crippen LogP contribution >= 0.6 is 0 Å². The molecule has 2 aromatic heterocycles. The Hall–Kier alpha value is -3.16. The monoisotopic (exact) mass is 341 g/mol. The third-order valence-corrected chi connectivity index (χ3v) is 3.61. The molecule has 130 valence electrons. The van der Waals surface area contributed by atoms with Crippen LogP contribution in [0.1, 0.15) is 36.1 Å². The molecule has 0 atom stereocenters. The molecule has 0 radical (unpaired) electrons. The van der Waals surface area contributed by atoms with E-state index in [9.17, 15) is 4.79 Å². The van der Waals surface area contributed by atoms with Crippen LogP contribution in [-0.2, 0) is 0 Å². The van der Waals surface area contributed by atoms with Gasteiger partial charge in [-0.3, -0.25) is 14.8 Å². The van der Waals surface area contributed by atoms with Crippen molar-refractivity contribution in [2.75, 3.05) is 12.4 Å². The lowest BCUT2D eigenvalue weighted by Gasteiger charge is -2.06. The predicted molar refractivity (Wildman–Crippen MR) is 91.6 cm³/mol. The predicted octanol–water partition coefficient (Wildman–Crippen LogP) is 3.08. The van der Waals surface area contributed by atoms with Crippen molar-refractivity contribution in [2.45, 2.75) is 26.8 Å². The Labute approximate surface area is 144 Å². The summed E-state index contributed by atoms with van der Waals surface area (Å²) >= 11 is 0. The van der Waals surface area contributed by atoms with Crippen molar-refractivity contribution in [3.63, 3.8) is 0 Å². The third-order valence-electron chi connectivity index (χ3n) is 3.61. The molecule has 0 aliphatic heterocycles. The van der Waals surface area contributed by atoms with E-state index in [4.69, 9.17) is 9.15 Å². The molecule has 0 saturated carbocycles. The van der Waals surface area contributed by atoms with Gasteiger partial charge in [0, 0.05) is 17.3 Å². The SMILES string of the molecule is COc1cccc(-c2nnc(NC(=O)c3cc(C)n(C(C)C)n3)o2)c1. The highest BCUT2D eigenvalue weighted by Crippen LogP contribution is 2.24. The Morgan fingerprint density at radius 1 is 1.28 bits per heavy atom. The normalized spacial score (nSPS) is 10.9. The molecule has 8 nitrogen and oxygen atoms in total. The number of aromatic nitrogens is 4. The van der Waals surface area contributed by atoms with Crippen LogP contribution in [0.3, 0.4) is 0 Å². The summed E-state index contributed by atoms with van der Waals surface area (Å²) < 4.78 is 12.5. The maximum absolute atomic E-state index is 12.3. The van der Waals surface area contributed by atoms with Gasteiger partial charge in [0.15, 0.2) is 5.69 Å². The van der Waals surface area contributed by atoms with E-state index in [2.05, 4.69) is 20.6 Å². The molecule has 0 unspecified atom stereocenters. The molecule has 1 aromatic carbocycles. The molecule has 1 amide bonds. The quantitative estimate of drug-likeness (QED) is 0.766. The fourth-order valence-electron chi connectivity index (χ4n) is 2.43. The van der Waals surface area contributed by atoms with Gasteiger partial charge in [0.05, 0.1) is 7.11 Å². The Balaban J connectivity index is 1.77. The lowest BCUT2D eigenvalue weighted by molar-refractivity contribution is 0.101. The standard InChI is InChI=1S/C17H19N5O3/c1-10(2)22-11(3)8-14(21-22)15(23)18-17-20-19-16(25-17)12-6-5-7-13(9-12)24-4/h5-10H,1-4H3,(H,18,20,23). The van der Waals surface area contributed by atoms with Crippen LogP contribution in [-0.4, -0.2) is 33.0 Å². The van der Waals surface area contributed by atoms with Crippen molar-refractivity contribution in [1.82, 2.24) is 20.0 Å². The number of anilines is 1. The van der Waals surface area contributed by atoms with Crippen LogP contribution in [0.4, 0.5) is 6.01 Å². The summed E-state index contributed by atoms with van der Waals surface area (Å²) in [6.07, 6.45) is 0. The summed E-state index contributed by atoms with van der Waals surface area (Å²) in [5, 5.41) is 14.7. The summed E-state index contributed by atoms with van der Waals surface area (Å²) in [5.41, 5.74) is 1.90. The van der Waals surface area contributed by atoms with Crippen molar-refractivity contribution in [3.05, 3.63) is 41.7 Å². The first-order valence-electron chi connectivity index (χ1n) is 7.83. The minimum atomic E-state index is -0.400. The molecule has 0 fully saturated rings. The first-order chi connectivity index (χ1) is 12.0. The Morgan fingerprint density at radius 3 is 2.76 bits per heavy atom. The van der Waals surface area contributed by atoms with Crippen LogP contribution in [0, 0.1) is 6.92 Å². The van der Waals surface area contributed by atoms with Gasteiger partial charge in [-0.2, -0.15) is 5.10 Å². The van der Waals surface area contributed by atoms with Gasteiger partial charge in [0.2, 0.25) is 5.89 Å². The fraction of sp³-hybridized carbons (Fsp3) is 0.294. The lowest BCUT2D eigenvalue weighted by atomic mass is 10.2. The number of nitrogens with one attached hydrogen (secondary N) is 1. The van der Waals surface area contributed by atoms with E-state index in [0.29, 0.717) is 17.0 Å². The van der Waals surface area contributed by atoms with Crippen LogP contribution in [0.2, 0.25) is 0 Å². The van der Waals surface area contributed by atoms with Crippen molar-refractivity contribution < 1.29 is 13.9 Å². The zero-order valence-corrected chi connectivity index (χ0v) is 14.5. The molecule has 0 saturated heterocycles. The van der Waals surface area contributed by atoms with Crippen molar-refractivity contribution in [1.29, 1.82) is 0 Å². The minimum absolute atomic E-state index is 0.0135. The topological polar surface area (TPSA) is 95.1 Å². The summed E-state index contributed by atoms with van der Waals surface area (Å²) in [6.45, 7) is 5.90. The average Bonchev–Trinajstić information content (AvgIpc) is 3.21. The van der Waals surface area contributed by atoms with E-state index < -0.39 is 5.91 Å². The summed E-state index contributed by atoms with van der Waals surface area (Å²) in [4.78, 5) is 12.3. The first kappa shape index (κ1) is 16.7. The van der Waals surface area contributed by atoms with E-state index in [0.717, 1.165) is 5.69 Å². The number of hydrogen-bond acceptors (Lipinski definition) is 6. The molecule has 0 spiro atoms. The highest BCUT2D eigenvalue weighted by Gasteiger charge is 2.17. The van der Waals surface area contributed by atoms with E-state index >= 15 is 0 Å². The number of rotatable bonds is 5. The fourth-order valence-corrected chi connectivity index (χ4v) is 2.43. The van der Waals surface area contributed by atoms with Gasteiger partial charge in [0.25, 0.3) is 5.91 Å². The van der Waals surface area contributed by atoms with E-state index in [1.165, 1.54) is 0 Å². The Morgan fingerprint density at radius 2 is 2.08 bits per heavy atom.